The molecule has 1 aromatic heterocycles. The van der Waals surface area contributed by atoms with Gasteiger partial charge in [0.15, 0.2) is 0 Å². The lowest BCUT2D eigenvalue weighted by atomic mass is 10.2. The van der Waals surface area contributed by atoms with Crippen LogP contribution in [0.3, 0.4) is 0 Å². The smallest absolute Gasteiger partial charge is 0.421 e. The Labute approximate surface area is 78.7 Å². The van der Waals surface area contributed by atoms with Crippen LogP contribution in [0.25, 0.3) is 0 Å². The summed E-state index contributed by atoms with van der Waals surface area (Å²) in [5, 5.41) is 0. The highest BCUT2D eigenvalue weighted by molar-refractivity contribution is 5.33. The molecule has 14 heavy (non-hydrogen) atoms. The molecule has 1 saturated carbocycles. The Morgan fingerprint density at radius 3 is 2.64 bits per heavy atom. The molecule has 0 aliphatic heterocycles. The fraction of sp³-hybridized carbons (Fsp3) is 0.444. The number of alkyl halides is 3. The van der Waals surface area contributed by atoms with Crippen LogP contribution < -0.4 is 4.74 Å². The van der Waals surface area contributed by atoms with Crippen LogP contribution in [0, 0.1) is 0 Å². The molecule has 5 heteroatoms. The summed E-state index contributed by atoms with van der Waals surface area (Å²) < 4.78 is 42.3. The minimum Gasteiger partial charge on any atom is -0.490 e. The third-order valence-electron chi connectivity index (χ3n) is 1.90. The Balaban J connectivity index is 2.27. The summed E-state index contributed by atoms with van der Waals surface area (Å²) >= 11 is 0. The molecule has 76 valence electrons. The number of ether oxygens (including phenoxy) is 1. The second kappa shape index (κ2) is 3.15. The number of hydrogen-bond acceptors (Lipinski definition) is 2. The van der Waals surface area contributed by atoms with Crippen LogP contribution >= 0.6 is 0 Å². The van der Waals surface area contributed by atoms with E-state index in [9.17, 15) is 13.2 Å². The monoisotopic (exact) mass is 203 g/mol. The van der Waals surface area contributed by atoms with Crippen molar-refractivity contribution in [2.45, 2.75) is 25.1 Å². The first-order valence-electron chi connectivity index (χ1n) is 4.25. The molecule has 0 radical (unpaired) electrons. The molecule has 0 amide bonds. The molecule has 0 bridgehead atoms. The van der Waals surface area contributed by atoms with Gasteiger partial charge in [0.2, 0.25) is 0 Å². The van der Waals surface area contributed by atoms with Crippen LogP contribution in [-0.2, 0) is 6.18 Å². The maximum Gasteiger partial charge on any atom is 0.421 e. The van der Waals surface area contributed by atoms with E-state index in [2.05, 4.69) is 4.98 Å². The van der Waals surface area contributed by atoms with Crippen molar-refractivity contribution in [1.29, 1.82) is 0 Å². The summed E-state index contributed by atoms with van der Waals surface area (Å²) in [5.74, 6) is -0.116. The van der Waals surface area contributed by atoms with Gasteiger partial charge >= 0.3 is 6.18 Å². The lowest BCUT2D eigenvalue weighted by molar-refractivity contribution is -0.139. The van der Waals surface area contributed by atoms with Gasteiger partial charge in [0.1, 0.15) is 11.3 Å². The van der Waals surface area contributed by atoms with Crippen molar-refractivity contribution >= 4 is 0 Å². The highest BCUT2D eigenvalue weighted by atomic mass is 19.4. The lowest BCUT2D eigenvalue weighted by Gasteiger charge is -2.12. The zero-order valence-electron chi connectivity index (χ0n) is 7.21. The summed E-state index contributed by atoms with van der Waals surface area (Å²) in [7, 11) is 0. The van der Waals surface area contributed by atoms with Gasteiger partial charge in [0.05, 0.1) is 6.10 Å². The molecular formula is C9H8F3NO. The Morgan fingerprint density at radius 2 is 2.07 bits per heavy atom. The van der Waals surface area contributed by atoms with Gasteiger partial charge in [-0.15, -0.1) is 0 Å². The third-order valence-corrected chi connectivity index (χ3v) is 1.90. The van der Waals surface area contributed by atoms with E-state index >= 15 is 0 Å². The van der Waals surface area contributed by atoms with Gasteiger partial charge in [0, 0.05) is 12.4 Å². The third kappa shape index (κ3) is 1.97. The average molecular weight is 203 g/mol. The van der Waals surface area contributed by atoms with Crippen LogP contribution in [-0.4, -0.2) is 11.1 Å². The van der Waals surface area contributed by atoms with Gasteiger partial charge in [-0.25, -0.2) is 0 Å². The molecule has 0 saturated heterocycles. The van der Waals surface area contributed by atoms with Crippen LogP contribution in [0.4, 0.5) is 13.2 Å². The highest BCUT2D eigenvalue weighted by Gasteiger charge is 2.36. The normalized spacial score (nSPS) is 16.8. The Kier molecular flexibility index (Phi) is 2.09. The molecule has 1 aliphatic rings. The second-order valence-corrected chi connectivity index (χ2v) is 3.19. The molecule has 1 heterocycles. The van der Waals surface area contributed by atoms with Crippen molar-refractivity contribution < 1.29 is 17.9 Å². The predicted octanol–water partition coefficient (Wildman–Crippen LogP) is 2.64. The molecule has 0 atom stereocenters. The number of halogens is 3. The quantitative estimate of drug-likeness (QED) is 0.737. The minimum atomic E-state index is -4.39. The van der Waals surface area contributed by atoms with Crippen molar-refractivity contribution in [3.8, 4) is 5.75 Å². The van der Waals surface area contributed by atoms with E-state index < -0.39 is 11.7 Å². The number of pyridine rings is 1. The van der Waals surface area contributed by atoms with Gasteiger partial charge in [0.25, 0.3) is 0 Å². The number of hydrogen-bond donors (Lipinski definition) is 0. The zero-order chi connectivity index (χ0) is 10.2. The van der Waals surface area contributed by atoms with Crippen LogP contribution in [0.15, 0.2) is 18.5 Å². The number of aromatic nitrogens is 1. The molecule has 2 rings (SSSR count). The van der Waals surface area contributed by atoms with Gasteiger partial charge in [-0.1, -0.05) is 0 Å². The first-order chi connectivity index (χ1) is 6.57. The number of rotatable bonds is 2. The van der Waals surface area contributed by atoms with Crippen molar-refractivity contribution in [3.05, 3.63) is 24.0 Å². The van der Waals surface area contributed by atoms with Crippen LogP contribution in [0.1, 0.15) is 18.4 Å². The van der Waals surface area contributed by atoms with Crippen molar-refractivity contribution in [1.82, 2.24) is 4.98 Å². The maximum atomic E-state index is 12.4. The molecule has 1 fully saturated rings. The summed E-state index contributed by atoms with van der Waals surface area (Å²) in [4.78, 5) is 3.44. The molecule has 0 N–H and O–H groups in total. The molecule has 0 aromatic carbocycles. The summed E-state index contributed by atoms with van der Waals surface area (Å²) in [5.41, 5.74) is -0.799. The van der Waals surface area contributed by atoms with E-state index in [1.165, 1.54) is 12.3 Å². The largest absolute Gasteiger partial charge is 0.490 e. The molecule has 1 aliphatic carbocycles. The average Bonchev–Trinajstić information content (AvgIpc) is 2.87. The standard InChI is InChI=1S/C9H8F3NO/c10-9(11,12)7-5-13-4-3-8(7)14-6-1-2-6/h3-6H,1-2H2. The fourth-order valence-electron chi connectivity index (χ4n) is 1.06. The van der Waals surface area contributed by atoms with E-state index in [1.807, 2.05) is 0 Å². The van der Waals surface area contributed by atoms with Gasteiger partial charge < -0.3 is 4.74 Å². The summed E-state index contributed by atoms with van der Waals surface area (Å²) in [6, 6.07) is 1.25. The second-order valence-electron chi connectivity index (χ2n) is 3.19. The fourth-order valence-corrected chi connectivity index (χ4v) is 1.06. The summed E-state index contributed by atoms with van der Waals surface area (Å²) in [6.45, 7) is 0. The van der Waals surface area contributed by atoms with Crippen molar-refractivity contribution in [2.24, 2.45) is 0 Å². The Morgan fingerprint density at radius 1 is 1.36 bits per heavy atom. The zero-order valence-corrected chi connectivity index (χ0v) is 7.21. The van der Waals surface area contributed by atoms with E-state index in [4.69, 9.17) is 4.74 Å². The van der Waals surface area contributed by atoms with Gasteiger partial charge in [-0.2, -0.15) is 13.2 Å². The van der Waals surface area contributed by atoms with Gasteiger partial charge in [-0.05, 0) is 18.9 Å². The lowest BCUT2D eigenvalue weighted by Crippen LogP contribution is -2.09. The molecule has 0 unspecified atom stereocenters. The molecule has 2 nitrogen and oxygen atoms in total. The minimum absolute atomic E-state index is 0.0431. The highest BCUT2D eigenvalue weighted by Crippen LogP contribution is 2.37. The van der Waals surface area contributed by atoms with Crippen LogP contribution in [0.2, 0.25) is 0 Å². The molecule has 1 aromatic rings. The van der Waals surface area contributed by atoms with E-state index in [-0.39, 0.29) is 11.9 Å². The van der Waals surface area contributed by atoms with Crippen LogP contribution in [0.5, 0.6) is 5.75 Å². The first-order valence-corrected chi connectivity index (χ1v) is 4.25. The maximum absolute atomic E-state index is 12.4. The van der Waals surface area contributed by atoms with Crippen molar-refractivity contribution in [3.63, 3.8) is 0 Å². The topological polar surface area (TPSA) is 22.1 Å². The first kappa shape index (κ1) is 9.30. The molecule has 0 spiro atoms. The molecular weight excluding hydrogens is 195 g/mol. The van der Waals surface area contributed by atoms with Gasteiger partial charge in [-0.3, -0.25) is 4.98 Å². The van der Waals surface area contributed by atoms with E-state index in [0.717, 1.165) is 19.0 Å². The Hall–Kier alpha value is -1.26. The van der Waals surface area contributed by atoms with E-state index in [0.29, 0.717) is 0 Å². The van der Waals surface area contributed by atoms with E-state index in [1.54, 1.807) is 0 Å². The number of nitrogens with zero attached hydrogens (tertiary/aromatic N) is 1. The SMILES string of the molecule is FC(F)(F)c1cnccc1OC1CC1. The Bertz CT molecular complexity index is 333. The predicted molar refractivity (Wildman–Crippen MR) is 42.9 cm³/mol. The summed E-state index contributed by atoms with van der Waals surface area (Å²) in [6.07, 6.45) is -0.680. The van der Waals surface area contributed by atoms with Crippen molar-refractivity contribution in [2.75, 3.05) is 0 Å².